The zero-order chi connectivity index (χ0) is 12.3. The number of hydrogen-bond acceptors (Lipinski definition) is 3. The Morgan fingerprint density at radius 2 is 2.00 bits per heavy atom. The summed E-state index contributed by atoms with van der Waals surface area (Å²) in [6.07, 6.45) is 1.09. The quantitative estimate of drug-likeness (QED) is 0.836. The molecule has 0 radical (unpaired) electrons. The van der Waals surface area contributed by atoms with Gasteiger partial charge < -0.3 is 10.1 Å². The number of methoxy groups -OCH3 is 1. The molecule has 1 aromatic carbocycles. The van der Waals surface area contributed by atoms with Crippen LogP contribution in [0, 0.1) is 0 Å². The fourth-order valence-corrected chi connectivity index (χ4v) is 2.17. The zero-order valence-corrected chi connectivity index (χ0v) is 10.9. The molecule has 1 aliphatic rings. The van der Waals surface area contributed by atoms with Gasteiger partial charge in [-0.25, -0.2) is 0 Å². The van der Waals surface area contributed by atoms with Gasteiger partial charge in [-0.2, -0.15) is 0 Å². The topological polar surface area (TPSA) is 24.5 Å². The average Bonchev–Trinajstić information content (AvgIpc) is 2.27. The molecule has 0 amide bonds. The second-order valence-corrected chi connectivity index (χ2v) is 4.88. The van der Waals surface area contributed by atoms with Gasteiger partial charge in [0.2, 0.25) is 0 Å². The van der Waals surface area contributed by atoms with Crippen LogP contribution in [-0.2, 0) is 6.42 Å². The Morgan fingerprint density at radius 1 is 1.35 bits per heavy atom. The lowest BCUT2D eigenvalue weighted by molar-refractivity contribution is 0.135. The first-order chi connectivity index (χ1) is 8.20. The van der Waals surface area contributed by atoms with Crippen molar-refractivity contribution in [2.45, 2.75) is 25.4 Å². The summed E-state index contributed by atoms with van der Waals surface area (Å²) >= 11 is 0. The number of benzene rings is 1. The molecule has 0 spiro atoms. The summed E-state index contributed by atoms with van der Waals surface area (Å²) in [5, 5.41) is 3.32. The van der Waals surface area contributed by atoms with Gasteiger partial charge in [0, 0.05) is 25.2 Å². The van der Waals surface area contributed by atoms with Crippen LogP contribution in [0.5, 0.6) is 5.75 Å². The Balaban J connectivity index is 1.89. The molecule has 0 aliphatic carbocycles. The summed E-state index contributed by atoms with van der Waals surface area (Å²) in [7, 11) is 3.93. The van der Waals surface area contributed by atoms with Crippen LogP contribution in [0.3, 0.4) is 0 Å². The lowest BCUT2D eigenvalue weighted by Gasteiger charge is -2.39. The van der Waals surface area contributed by atoms with Crippen LogP contribution in [0.2, 0.25) is 0 Å². The van der Waals surface area contributed by atoms with Crippen molar-refractivity contribution < 1.29 is 4.74 Å². The molecule has 1 unspecified atom stereocenters. The average molecular weight is 234 g/mol. The van der Waals surface area contributed by atoms with Crippen LogP contribution in [0.1, 0.15) is 12.5 Å². The first-order valence-corrected chi connectivity index (χ1v) is 6.26. The van der Waals surface area contributed by atoms with Gasteiger partial charge in [-0.05, 0) is 38.1 Å². The minimum Gasteiger partial charge on any atom is -0.497 e. The van der Waals surface area contributed by atoms with E-state index in [1.54, 1.807) is 7.11 Å². The summed E-state index contributed by atoms with van der Waals surface area (Å²) in [5.41, 5.74) is 1.37. The van der Waals surface area contributed by atoms with Gasteiger partial charge in [0.1, 0.15) is 5.75 Å². The third-order valence-corrected chi connectivity index (χ3v) is 3.72. The SMILES string of the molecule is COc1ccc(CC(C)N(C)C2CNC2)cc1. The molecule has 1 aromatic rings. The highest BCUT2D eigenvalue weighted by Gasteiger charge is 2.24. The van der Waals surface area contributed by atoms with E-state index in [2.05, 4.69) is 36.3 Å². The molecule has 0 saturated carbocycles. The van der Waals surface area contributed by atoms with E-state index in [1.807, 2.05) is 12.1 Å². The van der Waals surface area contributed by atoms with Crippen molar-refractivity contribution in [1.82, 2.24) is 10.2 Å². The van der Waals surface area contributed by atoms with Crippen molar-refractivity contribution >= 4 is 0 Å². The second-order valence-electron chi connectivity index (χ2n) is 4.88. The molecule has 1 N–H and O–H groups in total. The first-order valence-electron chi connectivity index (χ1n) is 6.26. The maximum Gasteiger partial charge on any atom is 0.118 e. The van der Waals surface area contributed by atoms with Crippen molar-refractivity contribution in [3.8, 4) is 5.75 Å². The van der Waals surface area contributed by atoms with Crippen LogP contribution < -0.4 is 10.1 Å². The number of likely N-dealkylation sites (N-methyl/N-ethyl adjacent to an activating group) is 1. The lowest BCUT2D eigenvalue weighted by atomic mass is 10.0. The van der Waals surface area contributed by atoms with E-state index < -0.39 is 0 Å². The van der Waals surface area contributed by atoms with Gasteiger partial charge in [-0.3, -0.25) is 4.90 Å². The standard InChI is InChI=1S/C14H22N2O/c1-11(16(2)13-9-15-10-13)8-12-4-6-14(17-3)7-5-12/h4-7,11,13,15H,8-10H2,1-3H3. The second kappa shape index (κ2) is 5.52. The number of nitrogens with one attached hydrogen (secondary N) is 1. The van der Waals surface area contributed by atoms with E-state index in [0.29, 0.717) is 12.1 Å². The van der Waals surface area contributed by atoms with Gasteiger partial charge in [-0.1, -0.05) is 12.1 Å². The molecule has 0 bridgehead atoms. The zero-order valence-electron chi connectivity index (χ0n) is 10.9. The number of ether oxygens (including phenoxy) is 1. The number of rotatable bonds is 5. The fraction of sp³-hybridized carbons (Fsp3) is 0.571. The van der Waals surface area contributed by atoms with Crippen LogP contribution >= 0.6 is 0 Å². The van der Waals surface area contributed by atoms with Crippen molar-refractivity contribution in [1.29, 1.82) is 0 Å². The summed E-state index contributed by atoms with van der Waals surface area (Å²) in [6.45, 7) is 4.55. The van der Waals surface area contributed by atoms with E-state index in [4.69, 9.17) is 4.74 Å². The predicted octanol–water partition coefficient (Wildman–Crippen LogP) is 1.53. The van der Waals surface area contributed by atoms with Crippen molar-refractivity contribution in [3.05, 3.63) is 29.8 Å². The maximum absolute atomic E-state index is 5.17. The largest absolute Gasteiger partial charge is 0.497 e. The number of hydrogen-bond donors (Lipinski definition) is 1. The monoisotopic (exact) mass is 234 g/mol. The van der Waals surface area contributed by atoms with Gasteiger partial charge in [-0.15, -0.1) is 0 Å². The highest BCUT2D eigenvalue weighted by Crippen LogP contribution is 2.15. The van der Waals surface area contributed by atoms with Crippen molar-refractivity contribution in [2.24, 2.45) is 0 Å². The molecule has 17 heavy (non-hydrogen) atoms. The Hall–Kier alpha value is -1.06. The highest BCUT2D eigenvalue weighted by atomic mass is 16.5. The van der Waals surface area contributed by atoms with Gasteiger partial charge >= 0.3 is 0 Å². The molecule has 1 saturated heterocycles. The molecule has 1 heterocycles. The molecular weight excluding hydrogens is 212 g/mol. The molecule has 1 fully saturated rings. The summed E-state index contributed by atoms with van der Waals surface area (Å²) < 4.78 is 5.17. The van der Waals surface area contributed by atoms with E-state index in [-0.39, 0.29) is 0 Å². The molecule has 1 atom stereocenters. The van der Waals surface area contributed by atoms with Gasteiger partial charge in [0.25, 0.3) is 0 Å². The van der Waals surface area contributed by atoms with Gasteiger partial charge in [0.15, 0.2) is 0 Å². The third-order valence-electron chi connectivity index (χ3n) is 3.72. The molecule has 1 aliphatic heterocycles. The predicted molar refractivity (Wildman–Crippen MR) is 70.6 cm³/mol. The minimum atomic E-state index is 0.579. The Bertz CT molecular complexity index is 346. The van der Waals surface area contributed by atoms with E-state index >= 15 is 0 Å². The third kappa shape index (κ3) is 2.99. The fourth-order valence-electron chi connectivity index (χ4n) is 2.17. The molecular formula is C14H22N2O. The summed E-state index contributed by atoms with van der Waals surface area (Å²) in [4.78, 5) is 2.47. The van der Waals surface area contributed by atoms with E-state index in [1.165, 1.54) is 5.56 Å². The maximum atomic E-state index is 5.17. The molecule has 2 rings (SSSR count). The first kappa shape index (κ1) is 12.4. The van der Waals surface area contributed by atoms with Crippen LogP contribution in [0.25, 0.3) is 0 Å². The normalized spacial score (nSPS) is 17.9. The summed E-state index contributed by atoms with van der Waals surface area (Å²) in [5.74, 6) is 0.929. The smallest absolute Gasteiger partial charge is 0.118 e. The Kier molecular flexibility index (Phi) is 4.02. The number of nitrogens with zero attached hydrogens (tertiary/aromatic N) is 1. The lowest BCUT2D eigenvalue weighted by Crippen LogP contribution is -2.58. The molecule has 3 nitrogen and oxygen atoms in total. The highest BCUT2D eigenvalue weighted by molar-refractivity contribution is 5.27. The summed E-state index contributed by atoms with van der Waals surface area (Å²) in [6, 6.07) is 9.67. The van der Waals surface area contributed by atoms with Crippen LogP contribution in [0.4, 0.5) is 0 Å². The van der Waals surface area contributed by atoms with Crippen molar-refractivity contribution in [3.63, 3.8) is 0 Å². The molecule has 94 valence electrons. The van der Waals surface area contributed by atoms with Crippen molar-refractivity contribution in [2.75, 3.05) is 27.2 Å². The van der Waals surface area contributed by atoms with E-state index in [9.17, 15) is 0 Å². The minimum absolute atomic E-state index is 0.579. The van der Waals surface area contributed by atoms with Crippen LogP contribution in [0.15, 0.2) is 24.3 Å². The Labute approximate surface area is 104 Å². The molecule has 3 heteroatoms. The van der Waals surface area contributed by atoms with E-state index in [0.717, 1.165) is 25.3 Å². The molecule has 0 aromatic heterocycles. The van der Waals surface area contributed by atoms with Gasteiger partial charge in [0.05, 0.1) is 7.11 Å². The van der Waals surface area contributed by atoms with Crippen LogP contribution in [-0.4, -0.2) is 44.2 Å². The Morgan fingerprint density at radius 3 is 2.47 bits per heavy atom.